The second-order valence-electron chi connectivity index (χ2n) is 6.35. The summed E-state index contributed by atoms with van der Waals surface area (Å²) < 4.78 is 5.22. The number of aromatic nitrogens is 1. The van der Waals surface area contributed by atoms with Crippen LogP contribution in [-0.2, 0) is 0 Å². The highest BCUT2D eigenvalue weighted by atomic mass is 35.5. The number of aliphatic hydroxyl groups is 1. The van der Waals surface area contributed by atoms with Crippen LogP contribution in [0.2, 0.25) is 5.02 Å². The van der Waals surface area contributed by atoms with Gasteiger partial charge in [-0.2, -0.15) is 0 Å². The van der Waals surface area contributed by atoms with E-state index in [1.165, 1.54) is 0 Å². The van der Waals surface area contributed by atoms with Gasteiger partial charge in [-0.25, -0.2) is 0 Å². The predicted molar refractivity (Wildman–Crippen MR) is 88.6 cm³/mol. The number of hydrogen-bond donors (Lipinski definition) is 1. The van der Waals surface area contributed by atoms with Crippen LogP contribution < -0.4 is 0 Å². The van der Waals surface area contributed by atoms with E-state index in [9.17, 15) is 9.90 Å². The van der Waals surface area contributed by atoms with Crippen molar-refractivity contribution in [2.24, 2.45) is 5.92 Å². The van der Waals surface area contributed by atoms with Crippen molar-refractivity contribution in [2.45, 2.75) is 45.1 Å². The molecular formula is C18H20ClNO3. The lowest BCUT2D eigenvalue weighted by molar-refractivity contribution is 0.0798. The Morgan fingerprint density at radius 2 is 2.09 bits per heavy atom. The second-order valence-corrected chi connectivity index (χ2v) is 6.73. The van der Waals surface area contributed by atoms with E-state index in [0.29, 0.717) is 18.5 Å². The van der Waals surface area contributed by atoms with E-state index >= 15 is 0 Å². The predicted octanol–water partition coefficient (Wildman–Crippen LogP) is 4.43. The average molecular weight is 334 g/mol. The van der Waals surface area contributed by atoms with Crippen LogP contribution in [0.4, 0.5) is 0 Å². The van der Waals surface area contributed by atoms with E-state index < -0.39 is 0 Å². The zero-order valence-electron chi connectivity index (χ0n) is 13.1. The Kier molecular flexibility index (Phi) is 4.83. The van der Waals surface area contributed by atoms with Crippen LogP contribution in [0.3, 0.4) is 0 Å². The van der Waals surface area contributed by atoms with Crippen molar-refractivity contribution in [3.05, 3.63) is 40.6 Å². The molecule has 0 unspecified atom stereocenters. The Bertz CT molecular complexity index is 693. The summed E-state index contributed by atoms with van der Waals surface area (Å²) in [6.07, 6.45) is 3.46. The van der Waals surface area contributed by atoms with Crippen molar-refractivity contribution in [3.8, 4) is 11.3 Å². The minimum Gasteiger partial charge on any atom is -0.393 e. The van der Waals surface area contributed by atoms with Gasteiger partial charge in [0.05, 0.1) is 6.10 Å². The van der Waals surface area contributed by atoms with Crippen molar-refractivity contribution in [1.29, 1.82) is 0 Å². The zero-order chi connectivity index (χ0) is 16.4. The highest BCUT2D eigenvalue weighted by Crippen LogP contribution is 2.33. The van der Waals surface area contributed by atoms with Crippen LogP contribution in [0.1, 0.15) is 48.2 Å². The number of carbonyl (C=O) groups excluding carboxylic acids is 1. The van der Waals surface area contributed by atoms with Gasteiger partial charge in [-0.15, -0.1) is 0 Å². The molecule has 1 aliphatic rings. The Morgan fingerprint density at radius 3 is 2.78 bits per heavy atom. The molecular weight excluding hydrogens is 314 g/mol. The van der Waals surface area contributed by atoms with E-state index in [1.54, 1.807) is 0 Å². The van der Waals surface area contributed by atoms with E-state index in [-0.39, 0.29) is 28.6 Å². The third-order valence-corrected chi connectivity index (χ3v) is 4.79. The molecule has 1 aliphatic carbocycles. The molecule has 0 radical (unpaired) electrons. The smallest absolute Gasteiger partial charge is 0.221 e. The fraction of sp³-hybridized carbons (Fsp3) is 0.444. The average Bonchev–Trinajstić information content (AvgIpc) is 2.90. The van der Waals surface area contributed by atoms with Gasteiger partial charge < -0.3 is 9.63 Å². The molecule has 2 aromatic rings. The molecule has 0 spiro atoms. The molecule has 1 aromatic carbocycles. The van der Waals surface area contributed by atoms with Gasteiger partial charge >= 0.3 is 0 Å². The fourth-order valence-corrected chi connectivity index (χ4v) is 3.43. The van der Waals surface area contributed by atoms with Crippen LogP contribution in [0.15, 0.2) is 28.8 Å². The molecule has 1 N–H and O–H groups in total. The first-order chi connectivity index (χ1) is 11.0. The fourth-order valence-electron chi connectivity index (χ4n) is 3.15. The van der Waals surface area contributed by atoms with Crippen molar-refractivity contribution >= 4 is 17.4 Å². The Labute approximate surface area is 140 Å². The van der Waals surface area contributed by atoms with Crippen molar-refractivity contribution in [2.75, 3.05) is 0 Å². The summed E-state index contributed by atoms with van der Waals surface area (Å²) in [6, 6.07) is 7.74. The first-order valence-electron chi connectivity index (χ1n) is 7.98. The summed E-state index contributed by atoms with van der Waals surface area (Å²) in [7, 11) is 0. The number of carbonyl (C=O) groups is 1. The van der Waals surface area contributed by atoms with Crippen LogP contribution in [0, 0.1) is 12.8 Å². The molecule has 1 fully saturated rings. The lowest BCUT2D eigenvalue weighted by Crippen LogP contribution is -2.21. The third-order valence-electron chi connectivity index (χ3n) is 4.44. The summed E-state index contributed by atoms with van der Waals surface area (Å²) in [5.74, 6) is 0.178. The quantitative estimate of drug-likeness (QED) is 0.841. The zero-order valence-corrected chi connectivity index (χ0v) is 13.8. The molecule has 1 aromatic heterocycles. The van der Waals surface area contributed by atoms with E-state index in [4.69, 9.17) is 16.1 Å². The minimum atomic E-state index is -0.296. The maximum atomic E-state index is 12.4. The SMILES string of the molecule is Cc1ccc(-c2noc(C(=O)C[C@@H]3CCC[C@H](O)C3)c2Cl)cc1. The van der Waals surface area contributed by atoms with Gasteiger partial charge in [0.1, 0.15) is 10.7 Å². The number of ketones is 1. The number of aryl methyl sites for hydroxylation is 1. The Morgan fingerprint density at radius 1 is 1.35 bits per heavy atom. The van der Waals surface area contributed by atoms with Crippen molar-refractivity contribution in [1.82, 2.24) is 5.16 Å². The van der Waals surface area contributed by atoms with Gasteiger partial charge in [-0.3, -0.25) is 4.79 Å². The highest BCUT2D eigenvalue weighted by Gasteiger charge is 2.27. The third kappa shape index (κ3) is 3.65. The molecule has 1 heterocycles. The molecule has 1 saturated carbocycles. The van der Waals surface area contributed by atoms with Gasteiger partial charge in [0.2, 0.25) is 11.5 Å². The number of aliphatic hydroxyl groups excluding tert-OH is 1. The van der Waals surface area contributed by atoms with Gasteiger partial charge in [0.15, 0.2) is 0 Å². The number of hydrogen-bond acceptors (Lipinski definition) is 4. The monoisotopic (exact) mass is 333 g/mol. The summed E-state index contributed by atoms with van der Waals surface area (Å²) in [5.41, 5.74) is 2.47. The van der Waals surface area contributed by atoms with Crippen molar-refractivity contribution < 1.29 is 14.4 Å². The van der Waals surface area contributed by atoms with Gasteiger partial charge in [0, 0.05) is 12.0 Å². The Balaban J connectivity index is 1.75. The number of rotatable bonds is 4. The van der Waals surface area contributed by atoms with Crippen molar-refractivity contribution in [3.63, 3.8) is 0 Å². The molecule has 23 heavy (non-hydrogen) atoms. The second kappa shape index (κ2) is 6.85. The summed E-state index contributed by atoms with van der Waals surface area (Å²) in [6.45, 7) is 2.00. The number of nitrogens with zero attached hydrogens (tertiary/aromatic N) is 1. The van der Waals surface area contributed by atoms with E-state index in [2.05, 4.69) is 5.16 Å². The molecule has 5 heteroatoms. The number of halogens is 1. The highest BCUT2D eigenvalue weighted by molar-refractivity contribution is 6.35. The maximum absolute atomic E-state index is 12.4. The standard InChI is InChI=1S/C18H20ClNO3/c1-11-5-7-13(8-6-11)17-16(19)18(23-20-17)15(22)10-12-3-2-4-14(21)9-12/h5-8,12,14,21H,2-4,9-10H2,1H3/t12-,14+/m1/s1. The van der Waals surface area contributed by atoms with Gasteiger partial charge in [0.25, 0.3) is 0 Å². The lowest BCUT2D eigenvalue weighted by atomic mass is 9.84. The normalized spacial score (nSPS) is 21.3. The molecule has 0 aliphatic heterocycles. The van der Waals surface area contributed by atoms with Crippen LogP contribution in [-0.4, -0.2) is 22.2 Å². The Hall–Kier alpha value is -1.65. The topological polar surface area (TPSA) is 63.3 Å². The molecule has 0 amide bonds. The number of benzene rings is 1. The lowest BCUT2D eigenvalue weighted by Gasteiger charge is -2.24. The first kappa shape index (κ1) is 16.2. The van der Waals surface area contributed by atoms with Crippen LogP contribution in [0.25, 0.3) is 11.3 Å². The maximum Gasteiger partial charge on any atom is 0.221 e. The summed E-state index contributed by atoms with van der Waals surface area (Å²) >= 11 is 6.31. The first-order valence-corrected chi connectivity index (χ1v) is 8.36. The van der Waals surface area contributed by atoms with Gasteiger partial charge in [-0.05, 0) is 32.1 Å². The van der Waals surface area contributed by atoms with E-state index in [0.717, 1.165) is 30.4 Å². The largest absolute Gasteiger partial charge is 0.393 e. The summed E-state index contributed by atoms with van der Waals surface area (Å²) in [5, 5.41) is 14.0. The molecule has 2 atom stereocenters. The van der Waals surface area contributed by atoms with Crippen LogP contribution >= 0.6 is 11.6 Å². The molecule has 4 nitrogen and oxygen atoms in total. The minimum absolute atomic E-state index is 0.127. The number of Topliss-reactive ketones (excluding diaryl/α,β-unsaturated/α-hetero) is 1. The van der Waals surface area contributed by atoms with E-state index in [1.807, 2.05) is 31.2 Å². The molecule has 122 valence electrons. The van der Waals surface area contributed by atoms with Gasteiger partial charge in [-0.1, -0.05) is 53.0 Å². The summed E-state index contributed by atoms with van der Waals surface area (Å²) in [4.78, 5) is 12.4. The molecule has 3 rings (SSSR count). The molecule has 0 saturated heterocycles. The molecule has 0 bridgehead atoms. The van der Waals surface area contributed by atoms with Crippen LogP contribution in [0.5, 0.6) is 0 Å².